The molecule has 0 aromatic heterocycles. The van der Waals surface area contributed by atoms with Gasteiger partial charge in [-0.1, -0.05) is 20.8 Å². The van der Waals surface area contributed by atoms with E-state index in [-0.39, 0.29) is 5.41 Å². The molecule has 0 unspecified atom stereocenters. The predicted molar refractivity (Wildman–Crippen MR) is 43.1 cm³/mol. The first-order chi connectivity index (χ1) is 4.62. The van der Waals surface area contributed by atoms with Crippen molar-refractivity contribution in [3.63, 3.8) is 0 Å². The first kappa shape index (κ1) is 9.92. The average molecular weight is 144 g/mol. The van der Waals surface area contributed by atoms with Gasteiger partial charge < -0.3 is 4.84 Å². The lowest BCUT2D eigenvalue weighted by molar-refractivity contribution is 0.00424. The zero-order valence-corrected chi connectivity index (χ0v) is 7.40. The van der Waals surface area contributed by atoms with E-state index in [1.165, 1.54) is 0 Å². The Morgan fingerprint density at radius 3 is 2.50 bits per heavy atom. The second kappa shape index (κ2) is 4.69. The van der Waals surface area contributed by atoms with E-state index in [1.807, 2.05) is 6.92 Å². The first-order valence-electron chi connectivity index (χ1n) is 3.77. The summed E-state index contributed by atoms with van der Waals surface area (Å²) in [6, 6.07) is 0. The zero-order valence-electron chi connectivity index (χ0n) is 7.40. The summed E-state index contributed by atoms with van der Waals surface area (Å²) in [5, 5.41) is 0. The Balaban J connectivity index is 3.28. The molecule has 0 atom stereocenters. The maximum absolute atomic E-state index is 5.13. The molecule has 0 fully saturated rings. The molecule has 0 rings (SSSR count). The number of rotatable bonds is 5. The largest absolute Gasteiger partial charge is 0.301 e. The van der Waals surface area contributed by atoms with Crippen LogP contribution in [0.3, 0.4) is 0 Å². The third kappa shape index (κ3) is 4.77. The van der Waals surface area contributed by atoms with Gasteiger partial charge in [0.05, 0.1) is 6.61 Å². The topological polar surface area (TPSA) is 21.3 Å². The lowest BCUT2D eigenvalue weighted by atomic mass is 9.92. The second-order valence-electron chi connectivity index (χ2n) is 3.21. The van der Waals surface area contributed by atoms with Gasteiger partial charge in [0.1, 0.15) is 0 Å². The fraction of sp³-hybridized carbons (Fsp3) is 0.875. The summed E-state index contributed by atoms with van der Waals surface area (Å²) in [5.41, 5.74) is 3.00. The van der Waals surface area contributed by atoms with Crippen molar-refractivity contribution >= 4 is 0 Å². The van der Waals surface area contributed by atoms with E-state index < -0.39 is 0 Å². The van der Waals surface area contributed by atoms with Crippen LogP contribution in [0.25, 0.3) is 0 Å². The molecule has 1 N–H and O–H groups in total. The highest BCUT2D eigenvalue weighted by atomic mass is 16.6. The lowest BCUT2D eigenvalue weighted by Crippen LogP contribution is -2.23. The molecule has 0 aromatic carbocycles. The highest BCUT2D eigenvalue weighted by Crippen LogP contribution is 2.18. The molecule has 0 spiro atoms. The molecular weight excluding hydrogens is 126 g/mol. The van der Waals surface area contributed by atoms with Gasteiger partial charge in [0.15, 0.2) is 0 Å². The number of hydrogen-bond acceptors (Lipinski definition) is 2. The number of hydroxylamine groups is 1. The predicted octanol–water partition coefficient (Wildman–Crippen LogP) is 2.13. The molecule has 2 heteroatoms. The molecule has 2 nitrogen and oxygen atoms in total. The maximum Gasteiger partial charge on any atom is 0.0733 e. The Hall–Kier alpha value is -0.0800. The van der Waals surface area contributed by atoms with Crippen LogP contribution in [0.15, 0.2) is 0 Å². The number of hydrogen-bond donors (Lipinski definition) is 1. The highest BCUT2D eigenvalue weighted by Gasteiger charge is 2.14. The van der Waals surface area contributed by atoms with Gasteiger partial charge in [0, 0.05) is 6.54 Å². The average Bonchev–Trinajstić information content (AvgIpc) is 1.89. The Labute approximate surface area is 63.9 Å². The summed E-state index contributed by atoms with van der Waals surface area (Å²) < 4.78 is 0. The molecule has 0 aliphatic carbocycles. The minimum absolute atomic E-state index is 0.288. The standard InChI is InChI=1S/C8H18NO/c1-5-8(3,4)7-10-9-6-2/h6,9H,5,7H2,1-4H3. The van der Waals surface area contributed by atoms with Gasteiger partial charge in [0.2, 0.25) is 0 Å². The molecule has 0 aliphatic rings. The smallest absolute Gasteiger partial charge is 0.0733 e. The van der Waals surface area contributed by atoms with Crippen molar-refractivity contribution in [1.82, 2.24) is 5.48 Å². The molecule has 0 amide bonds. The quantitative estimate of drug-likeness (QED) is 0.471. The minimum atomic E-state index is 0.288. The van der Waals surface area contributed by atoms with Crippen LogP contribution in [0.5, 0.6) is 0 Å². The zero-order chi connectivity index (χ0) is 8.04. The Morgan fingerprint density at radius 1 is 1.50 bits per heavy atom. The normalized spacial score (nSPS) is 12.0. The summed E-state index contributed by atoms with van der Waals surface area (Å²) in [7, 11) is 0. The molecule has 61 valence electrons. The molecular formula is C8H18NO. The third-order valence-corrected chi connectivity index (χ3v) is 1.62. The van der Waals surface area contributed by atoms with Crippen molar-refractivity contribution in [3.05, 3.63) is 6.54 Å². The lowest BCUT2D eigenvalue weighted by Gasteiger charge is -2.21. The van der Waals surface area contributed by atoms with Crippen LogP contribution >= 0.6 is 0 Å². The van der Waals surface area contributed by atoms with E-state index >= 15 is 0 Å². The van der Waals surface area contributed by atoms with Crippen LogP contribution in [0.2, 0.25) is 0 Å². The van der Waals surface area contributed by atoms with Crippen LogP contribution < -0.4 is 5.48 Å². The molecule has 0 bridgehead atoms. The van der Waals surface area contributed by atoms with Crippen LogP contribution in [0.4, 0.5) is 0 Å². The fourth-order valence-corrected chi connectivity index (χ4v) is 0.422. The Morgan fingerprint density at radius 2 is 2.10 bits per heavy atom. The second-order valence-corrected chi connectivity index (χ2v) is 3.21. The van der Waals surface area contributed by atoms with Crippen LogP contribution in [0, 0.1) is 12.0 Å². The van der Waals surface area contributed by atoms with Crippen molar-refractivity contribution in [2.24, 2.45) is 5.41 Å². The third-order valence-electron chi connectivity index (χ3n) is 1.62. The van der Waals surface area contributed by atoms with E-state index in [4.69, 9.17) is 4.84 Å². The van der Waals surface area contributed by atoms with E-state index in [9.17, 15) is 0 Å². The summed E-state index contributed by atoms with van der Waals surface area (Å²) in [6.07, 6.45) is 1.14. The van der Waals surface area contributed by atoms with Crippen molar-refractivity contribution in [1.29, 1.82) is 0 Å². The van der Waals surface area contributed by atoms with Crippen molar-refractivity contribution in [2.45, 2.75) is 34.1 Å². The van der Waals surface area contributed by atoms with Crippen LogP contribution in [-0.2, 0) is 4.84 Å². The van der Waals surface area contributed by atoms with Crippen LogP contribution in [0.1, 0.15) is 34.1 Å². The molecule has 0 aromatic rings. The van der Waals surface area contributed by atoms with Gasteiger partial charge in [-0.15, -0.1) is 0 Å². The molecule has 0 saturated carbocycles. The summed E-state index contributed by atoms with van der Waals surface area (Å²) in [4.78, 5) is 5.13. The summed E-state index contributed by atoms with van der Waals surface area (Å²) in [6.45, 7) is 11.0. The Bertz CT molecular complexity index is 81.3. The van der Waals surface area contributed by atoms with E-state index in [1.54, 1.807) is 6.54 Å². The molecule has 0 heterocycles. The van der Waals surface area contributed by atoms with Gasteiger partial charge in [-0.2, -0.15) is 5.48 Å². The van der Waals surface area contributed by atoms with Gasteiger partial charge >= 0.3 is 0 Å². The summed E-state index contributed by atoms with van der Waals surface area (Å²) >= 11 is 0. The van der Waals surface area contributed by atoms with Gasteiger partial charge in [-0.05, 0) is 18.8 Å². The first-order valence-corrected chi connectivity index (χ1v) is 3.77. The monoisotopic (exact) mass is 144 g/mol. The maximum atomic E-state index is 5.13. The highest BCUT2D eigenvalue weighted by molar-refractivity contribution is 4.64. The molecule has 0 saturated heterocycles. The Kier molecular flexibility index (Phi) is 4.65. The van der Waals surface area contributed by atoms with Crippen molar-refractivity contribution in [2.75, 3.05) is 6.61 Å². The van der Waals surface area contributed by atoms with E-state index in [0.717, 1.165) is 13.0 Å². The van der Waals surface area contributed by atoms with Gasteiger partial charge in [-0.25, -0.2) is 0 Å². The van der Waals surface area contributed by atoms with Crippen LogP contribution in [-0.4, -0.2) is 6.61 Å². The van der Waals surface area contributed by atoms with Gasteiger partial charge in [0.25, 0.3) is 0 Å². The SMILES string of the molecule is C[CH]NOCC(C)(C)CC. The van der Waals surface area contributed by atoms with E-state index in [2.05, 4.69) is 26.3 Å². The van der Waals surface area contributed by atoms with E-state index in [0.29, 0.717) is 0 Å². The summed E-state index contributed by atoms with van der Waals surface area (Å²) in [5.74, 6) is 0. The fourth-order valence-electron chi connectivity index (χ4n) is 0.422. The van der Waals surface area contributed by atoms with Crippen molar-refractivity contribution in [3.8, 4) is 0 Å². The van der Waals surface area contributed by atoms with Crippen molar-refractivity contribution < 1.29 is 4.84 Å². The molecule has 0 aliphatic heterocycles. The molecule has 10 heavy (non-hydrogen) atoms. The minimum Gasteiger partial charge on any atom is -0.301 e. The number of nitrogens with one attached hydrogen (secondary N) is 1. The molecule has 1 radical (unpaired) electrons. The van der Waals surface area contributed by atoms with Gasteiger partial charge in [-0.3, -0.25) is 0 Å².